The lowest BCUT2D eigenvalue weighted by molar-refractivity contribution is -0.137. The summed E-state index contributed by atoms with van der Waals surface area (Å²) in [5.41, 5.74) is 0.775. The lowest BCUT2D eigenvalue weighted by Crippen LogP contribution is -2.33. The molecule has 1 aliphatic rings. The number of nitrogens with zero attached hydrogens (tertiary/aromatic N) is 3. The second-order valence-corrected chi connectivity index (χ2v) is 6.87. The van der Waals surface area contributed by atoms with Crippen LogP contribution in [0.4, 0.5) is 29.3 Å². The lowest BCUT2D eigenvalue weighted by Gasteiger charge is -2.19. The molecule has 2 aromatic carbocycles. The number of alkyl halides is 3. The molecule has 1 aliphatic heterocycles. The summed E-state index contributed by atoms with van der Waals surface area (Å²) < 4.78 is 44.3. The number of carbonyl (C=O) groups excluding carboxylic acids is 1. The number of halogens is 4. The third-order valence-corrected chi connectivity index (χ3v) is 4.67. The fraction of sp³-hybridized carbons (Fsp3) is 0.150. The summed E-state index contributed by atoms with van der Waals surface area (Å²) in [6.45, 7) is 0.392. The minimum absolute atomic E-state index is 0.0730. The van der Waals surface area contributed by atoms with E-state index in [4.69, 9.17) is 16.3 Å². The van der Waals surface area contributed by atoms with E-state index in [9.17, 15) is 18.0 Å². The normalized spacial score (nSPS) is 13.1. The van der Waals surface area contributed by atoms with E-state index >= 15 is 0 Å². The quantitative estimate of drug-likeness (QED) is 0.550. The van der Waals surface area contributed by atoms with Crippen molar-refractivity contribution in [2.45, 2.75) is 12.6 Å². The number of benzene rings is 2. The molecule has 0 spiro atoms. The van der Waals surface area contributed by atoms with Gasteiger partial charge in [0.15, 0.2) is 0 Å². The van der Waals surface area contributed by atoms with Gasteiger partial charge in [-0.1, -0.05) is 17.7 Å². The van der Waals surface area contributed by atoms with Gasteiger partial charge in [0.05, 0.1) is 5.56 Å². The van der Waals surface area contributed by atoms with Crippen LogP contribution in [-0.4, -0.2) is 22.5 Å². The summed E-state index contributed by atoms with van der Waals surface area (Å²) in [6.07, 6.45) is -2.62. The number of nitrogens with one attached hydrogen (secondary N) is 1. The highest BCUT2D eigenvalue weighted by atomic mass is 35.5. The molecule has 0 saturated heterocycles. The lowest BCUT2D eigenvalue weighted by atomic mass is 10.1. The van der Waals surface area contributed by atoms with Crippen molar-refractivity contribution in [1.29, 1.82) is 0 Å². The summed E-state index contributed by atoms with van der Waals surface area (Å²) in [6, 6.07) is 10.6. The zero-order chi connectivity index (χ0) is 21.3. The van der Waals surface area contributed by atoms with E-state index in [1.165, 1.54) is 29.4 Å². The van der Waals surface area contributed by atoms with Crippen LogP contribution in [0.15, 0.2) is 54.9 Å². The Balaban J connectivity index is 1.49. The summed E-state index contributed by atoms with van der Waals surface area (Å²) in [4.78, 5) is 21.8. The molecule has 6 nitrogen and oxygen atoms in total. The SMILES string of the molecule is O=C(Nc1cccc(C(F)(F)F)c1)N1CCc2cc(Oc3cc(Cl)ncn3)ccc21. The van der Waals surface area contributed by atoms with Crippen LogP contribution < -0.4 is 15.0 Å². The van der Waals surface area contributed by atoms with Crippen LogP contribution in [0.3, 0.4) is 0 Å². The van der Waals surface area contributed by atoms with Gasteiger partial charge in [0.2, 0.25) is 5.88 Å². The van der Waals surface area contributed by atoms with Crippen molar-refractivity contribution < 1.29 is 22.7 Å². The standard InChI is InChI=1S/C20H14ClF3N4O2/c21-17-10-18(26-11-25-17)30-15-4-5-16-12(8-15)6-7-28(16)19(29)27-14-3-1-2-13(9-14)20(22,23)24/h1-5,8-11H,6-7H2,(H,27,29). The van der Waals surface area contributed by atoms with E-state index in [-0.39, 0.29) is 16.7 Å². The van der Waals surface area contributed by atoms with Gasteiger partial charge in [-0.2, -0.15) is 13.2 Å². The molecule has 0 aliphatic carbocycles. The second kappa shape index (κ2) is 7.83. The highest BCUT2D eigenvalue weighted by molar-refractivity contribution is 6.29. The van der Waals surface area contributed by atoms with Crippen LogP contribution >= 0.6 is 11.6 Å². The molecule has 30 heavy (non-hydrogen) atoms. The maximum absolute atomic E-state index is 12.9. The highest BCUT2D eigenvalue weighted by Crippen LogP contribution is 2.34. The molecule has 0 atom stereocenters. The Morgan fingerprint density at radius 1 is 1.13 bits per heavy atom. The van der Waals surface area contributed by atoms with Crippen molar-refractivity contribution in [1.82, 2.24) is 9.97 Å². The highest BCUT2D eigenvalue weighted by Gasteiger charge is 2.31. The monoisotopic (exact) mass is 434 g/mol. The number of carbonyl (C=O) groups is 1. The number of amides is 2. The Bertz CT molecular complexity index is 1110. The minimum atomic E-state index is -4.48. The molecule has 10 heteroatoms. The average Bonchev–Trinajstić information content (AvgIpc) is 3.11. The Labute approximate surface area is 174 Å². The van der Waals surface area contributed by atoms with E-state index in [0.717, 1.165) is 17.7 Å². The van der Waals surface area contributed by atoms with Crippen molar-refractivity contribution >= 4 is 29.0 Å². The Kier molecular flexibility index (Phi) is 5.21. The molecule has 0 saturated carbocycles. The molecule has 0 bridgehead atoms. The first-order valence-electron chi connectivity index (χ1n) is 8.84. The largest absolute Gasteiger partial charge is 0.439 e. The van der Waals surface area contributed by atoms with E-state index in [0.29, 0.717) is 24.4 Å². The topological polar surface area (TPSA) is 67.4 Å². The molecule has 1 N–H and O–H groups in total. The van der Waals surface area contributed by atoms with Crippen LogP contribution in [0, 0.1) is 0 Å². The molecule has 1 aromatic heterocycles. The molecule has 4 rings (SSSR count). The fourth-order valence-corrected chi connectivity index (χ4v) is 3.25. The van der Waals surface area contributed by atoms with E-state index in [2.05, 4.69) is 15.3 Å². The molecule has 154 valence electrons. The molecule has 0 fully saturated rings. The van der Waals surface area contributed by atoms with Crippen molar-refractivity contribution in [3.05, 3.63) is 71.1 Å². The zero-order valence-electron chi connectivity index (χ0n) is 15.3. The smallest absolute Gasteiger partial charge is 0.416 e. The number of fused-ring (bicyclic) bond motifs is 1. The van der Waals surface area contributed by atoms with Crippen molar-refractivity contribution in [3.63, 3.8) is 0 Å². The number of urea groups is 1. The second-order valence-electron chi connectivity index (χ2n) is 6.48. The van der Waals surface area contributed by atoms with Gasteiger partial charge in [0.1, 0.15) is 17.2 Å². The maximum Gasteiger partial charge on any atom is 0.416 e. The van der Waals surface area contributed by atoms with Crippen molar-refractivity contribution in [2.75, 3.05) is 16.8 Å². The Hall–Kier alpha value is -3.33. The number of anilines is 2. The van der Waals surface area contributed by atoms with Crippen LogP contribution in [0.25, 0.3) is 0 Å². The van der Waals surface area contributed by atoms with Crippen molar-refractivity contribution in [2.24, 2.45) is 0 Å². The summed E-state index contributed by atoms with van der Waals surface area (Å²) >= 11 is 5.82. The fourth-order valence-electron chi connectivity index (χ4n) is 3.11. The molecule has 0 radical (unpaired) electrons. The summed E-state index contributed by atoms with van der Waals surface area (Å²) in [7, 11) is 0. The van der Waals surface area contributed by atoms with E-state index < -0.39 is 17.8 Å². The molecular formula is C20H14ClF3N4O2. The number of hydrogen-bond acceptors (Lipinski definition) is 4. The van der Waals surface area contributed by atoms with Gasteiger partial charge in [-0.05, 0) is 48.4 Å². The maximum atomic E-state index is 12.9. The van der Waals surface area contributed by atoms with Crippen LogP contribution in [0.1, 0.15) is 11.1 Å². The predicted molar refractivity (Wildman–Crippen MR) is 105 cm³/mol. The third kappa shape index (κ3) is 4.30. The first-order chi connectivity index (χ1) is 14.3. The van der Waals surface area contributed by atoms with Gasteiger partial charge >= 0.3 is 12.2 Å². The van der Waals surface area contributed by atoms with Gasteiger partial charge in [0, 0.05) is 24.0 Å². The van der Waals surface area contributed by atoms with Crippen LogP contribution in [0.2, 0.25) is 5.15 Å². The van der Waals surface area contributed by atoms with Gasteiger partial charge in [0.25, 0.3) is 0 Å². The minimum Gasteiger partial charge on any atom is -0.439 e. The molecule has 2 heterocycles. The average molecular weight is 435 g/mol. The van der Waals surface area contributed by atoms with Crippen LogP contribution in [0.5, 0.6) is 11.6 Å². The molecule has 2 amide bonds. The van der Waals surface area contributed by atoms with Gasteiger partial charge in [-0.3, -0.25) is 4.90 Å². The molecular weight excluding hydrogens is 421 g/mol. The van der Waals surface area contributed by atoms with Gasteiger partial charge in [-0.25, -0.2) is 14.8 Å². The summed E-state index contributed by atoms with van der Waals surface area (Å²) in [5, 5.41) is 2.77. The van der Waals surface area contributed by atoms with Gasteiger partial charge in [-0.15, -0.1) is 0 Å². The first-order valence-corrected chi connectivity index (χ1v) is 9.21. The zero-order valence-corrected chi connectivity index (χ0v) is 16.0. The van der Waals surface area contributed by atoms with E-state index in [1.54, 1.807) is 18.2 Å². The third-order valence-electron chi connectivity index (χ3n) is 4.46. The number of aromatic nitrogens is 2. The number of hydrogen-bond donors (Lipinski definition) is 1. The molecule has 3 aromatic rings. The van der Waals surface area contributed by atoms with E-state index in [1.807, 2.05) is 0 Å². The van der Waals surface area contributed by atoms with Crippen molar-refractivity contribution in [3.8, 4) is 11.6 Å². The predicted octanol–water partition coefficient (Wildman–Crippen LogP) is 5.54. The Morgan fingerprint density at radius 3 is 2.73 bits per heavy atom. The number of rotatable bonds is 3. The summed E-state index contributed by atoms with van der Waals surface area (Å²) in [5.74, 6) is 0.802. The molecule has 0 unspecified atom stereocenters. The Morgan fingerprint density at radius 2 is 1.97 bits per heavy atom. The van der Waals surface area contributed by atoms with Gasteiger partial charge < -0.3 is 10.1 Å². The van der Waals surface area contributed by atoms with Crippen LogP contribution in [-0.2, 0) is 12.6 Å². The number of ether oxygens (including phenoxy) is 1. The first kappa shape index (κ1) is 20.0.